The van der Waals surface area contributed by atoms with E-state index >= 15 is 0 Å². The number of ether oxygens (including phenoxy) is 1. The SMILES string of the molecule is CCOc1cccc2c1ccn2CCC(C)(C)C#N. The molecule has 0 aliphatic heterocycles. The minimum absolute atomic E-state index is 0.284. The summed E-state index contributed by atoms with van der Waals surface area (Å²) in [5, 5.41) is 10.2. The molecule has 3 heteroatoms. The van der Waals surface area contributed by atoms with Gasteiger partial charge in [-0.05, 0) is 45.4 Å². The van der Waals surface area contributed by atoms with Gasteiger partial charge in [0.05, 0.1) is 23.6 Å². The molecule has 0 spiro atoms. The maximum absolute atomic E-state index is 9.07. The van der Waals surface area contributed by atoms with Crippen LogP contribution >= 0.6 is 0 Å². The summed E-state index contributed by atoms with van der Waals surface area (Å²) in [6.45, 7) is 7.46. The number of rotatable bonds is 5. The molecule has 19 heavy (non-hydrogen) atoms. The lowest BCUT2D eigenvalue weighted by molar-refractivity contribution is 0.344. The summed E-state index contributed by atoms with van der Waals surface area (Å²) in [4.78, 5) is 0. The normalized spacial score (nSPS) is 11.5. The van der Waals surface area contributed by atoms with E-state index in [1.54, 1.807) is 0 Å². The molecule has 0 N–H and O–H groups in total. The molecule has 0 saturated heterocycles. The van der Waals surface area contributed by atoms with Crippen molar-refractivity contribution in [3.8, 4) is 11.8 Å². The van der Waals surface area contributed by atoms with Crippen LogP contribution in [0.25, 0.3) is 10.9 Å². The van der Waals surface area contributed by atoms with Gasteiger partial charge in [0.25, 0.3) is 0 Å². The number of aryl methyl sites for hydroxylation is 1. The highest BCUT2D eigenvalue weighted by Crippen LogP contribution is 2.28. The number of nitriles is 1. The number of nitrogens with zero attached hydrogens (tertiary/aromatic N) is 2. The van der Waals surface area contributed by atoms with Gasteiger partial charge in [-0.3, -0.25) is 0 Å². The molecule has 0 saturated carbocycles. The summed E-state index contributed by atoms with van der Waals surface area (Å²) in [5.74, 6) is 0.929. The molecule has 1 aromatic heterocycles. The lowest BCUT2D eigenvalue weighted by Crippen LogP contribution is -2.11. The average molecular weight is 256 g/mol. The number of aromatic nitrogens is 1. The Labute approximate surface area is 114 Å². The Morgan fingerprint density at radius 2 is 2.11 bits per heavy atom. The van der Waals surface area contributed by atoms with Crippen molar-refractivity contribution in [1.29, 1.82) is 5.26 Å². The molecule has 1 heterocycles. The first-order chi connectivity index (χ1) is 9.07. The number of hydrogen-bond acceptors (Lipinski definition) is 2. The predicted molar refractivity (Wildman–Crippen MR) is 77.1 cm³/mol. The van der Waals surface area contributed by atoms with Crippen LogP contribution in [-0.2, 0) is 6.54 Å². The first-order valence-electron chi connectivity index (χ1n) is 6.69. The molecule has 0 unspecified atom stereocenters. The topological polar surface area (TPSA) is 38.0 Å². The smallest absolute Gasteiger partial charge is 0.128 e. The van der Waals surface area contributed by atoms with Crippen molar-refractivity contribution in [2.24, 2.45) is 5.41 Å². The Hall–Kier alpha value is -1.95. The lowest BCUT2D eigenvalue weighted by Gasteiger charge is -2.15. The minimum atomic E-state index is -0.284. The van der Waals surface area contributed by atoms with E-state index in [0.717, 1.165) is 24.1 Å². The molecule has 0 fully saturated rings. The van der Waals surface area contributed by atoms with E-state index in [0.29, 0.717) is 6.61 Å². The molecule has 2 aromatic rings. The Morgan fingerprint density at radius 3 is 2.79 bits per heavy atom. The number of fused-ring (bicyclic) bond motifs is 1. The first-order valence-corrected chi connectivity index (χ1v) is 6.69. The summed E-state index contributed by atoms with van der Waals surface area (Å²) < 4.78 is 7.82. The third-order valence-electron chi connectivity index (χ3n) is 3.35. The fourth-order valence-corrected chi connectivity index (χ4v) is 2.13. The van der Waals surface area contributed by atoms with Crippen LogP contribution in [0.15, 0.2) is 30.5 Å². The zero-order valence-electron chi connectivity index (χ0n) is 11.8. The van der Waals surface area contributed by atoms with E-state index in [1.165, 1.54) is 5.52 Å². The first kappa shape index (κ1) is 13.5. The Bertz CT molecular complexity index is 605. The highest BCUT2D eigenvalue weighted by molar-refractivity contribution is 5.86. The van der Waals surface area contributed by atoms with Crippen LogP contribution in [0.1, 0.15) is 27.2 Å². The van der Waals surface area contributed by atoms with E-state index in [-0.39, 0.29) is 5.41 Å². The molecule has 1 aromatic carbocycles. The van der Waals surface area contributed by atoms with Crippen LogP contribution in [0.5, 0.6) is 5.75 Å². The van der Waals surface area contributed by atoms with Crippen LogP contribution in [-0.4, -0.2) is 11.2 Å². The highest BCUT2D eigenvalue weighted by atomic mass is 16.5. The molecule has 0 bridgehead atoms. The van der Waals surface area contributed by atoms with Gasteiger partial charge in [-0.15, -0.1) is 0 Å². The van der Waals surface area contributed by atoms with E-state index in [4.69, 9.17) is 10.00 Å². The molecule has 0 aliphatic rings. The Balaban J connectivity index is 2.26. The van der Waals surface area contributed by atoms with Gasteiger partial charge in [0.1, 0.15) is 5.75 Å². The minimum Gasteiger partial charge on any atom is -0.493 e. The largest absolute Gasteiger partial charge is 0.493 e. The van der Waals surface area contributed by atoms with Crippen molar-refractivity contribution in [3.05, 3.63) is 30.5 Å². The standard InChI is InChI=1S/C16H20N2O/c1-4-19-15-7-5-6-14-13(15)8-10-18(14)11-9-16(2,3)12-17/h5-8,10H,4,9,11H2,1-3H3. The number of benzene rings is 1. The van der Waals surface area contributed by atoms with Gasteiger partial charge in [-0.2, -0.15) is 5.26 Å². The lowest BCUT2D eigenvalue weighted by atomic mass is 9.91. The highest BCUT2D eigenvalue weighted by Gasteiger charge is 2.17. The molecule has 0 radical (unpaired) electrons. The van der Waals surface area contributed by atoms with Crippen molar-refractivity contribution in [1.82, 2.24) is 4.57 Å². The van der Waals surface area contributed by atoms with Crippen LogP contribution in [0.4, 0.5) is 0 Å². The van der Waals surface area contributed by atoms with E-state index in [9.17, 15) is 0 Å². The maximum Gasteiger partial charge on any atom is 0.128 e. The quantitative estimate of drug-likeness (QED) is 0.811. The Kier molecular flexibility index (Phi) is 3.80. The van der Waals surface area contributed by atoms with Gasteiger partial charge in [0.15, 0.2) is 0 Å². The Morgan fingerprint density at radius 1 is 1.32 bits per heavy atom. The second kappa shape index (κ2) is 5.36. The summed E-state index contributed by atoms with van der Waals surface area (Å²) in [5.41, 5.74) is 0.883. The van der Waals surface area contributed by atoms with Crippen molar-refractivity contribution in [2.45, 2.75) is 33.7 Å². The second-order valence-corrected chi connectivity index (χ2v) is 5.38. The zero-order chi connectivity index (χ0) is 13.9. The van der Waals surface area contributed by atoms with E-state index in [1.807, 2.05) is 32.9 Å². The summed E-state index contributed by atoms with van der Waals surface area (Å²) in [7, 11) is 0. The third-order valence-corrected chi connectivity index (χ3v) is 3.35. The van der Waals surface area contributed by atoms with Crippen LogP contribution in [0.3, 0.4) is 0 Å². The zero-order valence-corrected chi connectivity index (χ0v) is 11.8. The fraction of sp³-hybridized carbons (Fsp3) is 0.438. The molecule has 3 nitrogen and oxygen atoms in total. The van der Waals surface area contributed by atoms with Crippen LogP contribution in [0, 0.1) is 16.7 Å². The van der Waals surface area contributed by atoms with Gasteiger partial charge < -0.3 is 9.30 Å². The van der Waals surface area contributed by atoms with Gasteiger partial charge >= 0.3 is 0 Å². The van der Waals surface area contributed by atoms with Crippen LogP contribution in [0.2, 0.25) is 0 Å². The average Bonchev–Trinajstić information content (AvgIpc) is 2.81. The van der Waals surface area contributed by atoms with Crippen molar-refractivity contribution in [2.75, 3.05) is 6.61 Å². The van der Waals surface area contributed by atoms with Gasteiger partial charge in [0.2, 0.25) is 0 Å². The molecule has 0 amide bonds. The molecule has 2 rings (SSSR count). The second-order valence-electron chi connectivity index (χ2n) is 5.38. The van der Waals surface area contributed by atoms with Crippen molar-refractivity contribution in [3.63, 3.8) is 0 Å². The summed E-state index contributed by atoms with van der Waals surface area (Å²) in [6, 6.07) is 10.5. The predicted octanol–water partition coefficient (Wildman–Crippen LogP) is 3.98. The number of hydrogen-bond donors (Lipinski definition) is 0. The maximum atomic E-state index is 9.07. The van der Waals surface area contributed by atoms with E-state index in [2.05, 4.69) is 29.0 Å². The van der Waals surface area contributed by atoms with E-state index < -0.39 is 0 Å². The van der Waals surface area contributed by atoms with Crippen molar-refractivity contribution >= 4 is 10.9 Å². The van der Waals surface area contributed by atoms with Crippen molar-refractivity contribution < 1.29 is 4.74 Å². The molecular weight excluding hydrogens is 236 g/mol. The third kappa shape index (κ3) is 2.90. The molecule has 100 valence electrons. The molecular formula is C16H20N2O. The molecule has 0 aliphatic carbocycles. The molecule has 0 atom stereocenters. The van der Waals surface area contributed by atoms with Gasteiger partial charge in [-0.25, -0.2) is 0 Å². The van der Waals surface area contributed by atoms with Gasteiger partial charge in [0, 0.05) is 18.1 Å². The summed E-state index contributed by atoms with van der Waals surface area (Å²) >= 11 is 0. The monoisotopic (exact) mass is 256 g/mol. The fourth-order valence-electron chi connectivity index (χ4n) is 2.13. The van der Waals surface area contributed by atoms with Crippen LogP contribution < -0.4 is 4.74 Å². The summed E-state index contributed by atoms with van der Waals surface area (Å²) in [6.07, 6.45) is 2.91. The van der Waals surface area contributed by atoms with Gasteiger partial charge in [-0.1, -0.05) is 6.07 Å².